The molecule has 7 heteroatoms. The summed E-state index contributed by atoms with van der Waals surface area (Å²) in [5, 5.41) is 12.3. The van der Waals surface area contributed by atoms with Gasteiger partial charge in [-0.25, -0.2) is 0 Å². The fraction of sp³-hybridized carbons (Fsp3) is 0.105. The first-order valence-electron chi connectivity index (χ1n) is 7.84. The number of carbonyl (C=O) groups is 2. The minimum atomic E-state index is -0.431. The molecule has 0 spiro atoms. The van der Waals surface area contributed by atoms with E-state index in [2.05, 4.69) is 5.32 Å². The number of phenols is 1. The molecule has 0 radical (unpaired) electrons. The van der Waals surface area contributed by atoms with Gasteiger partial charge in [-0.15, -0.1) is 0 Å². The van der Waals surface area contributed by atoms with Gasteiger partial charge in [-0.2, -0.15) is 0 Å². The Morgan fingerprint density at radius 1 is 1.23 bits per heavy atom. The third-order valence-electron chi connectivity index (χ3n) is 3.73. The largest absolute Gasteiger partial charge is 0.506 e. The van der Waals surface area contributed by atoms with Gasteiger partial charge >= 0.3 is 0 Å². The summed E-state index contributed by atoms with van der Waals surface area (Å²) in [4.78, 5) is 26.5. The van der Waals surface area contributed by atoms with E-state index in [4.69, 9.17) is 12.2 Å². The maximum absolute atomic E-state index is 12.6. The van der Waals surface area contributed by atoms with Crippen molar-refractivity contribution in [2.45, 2.75) is 6.92 Å². The summed E-state index contributed by atoms with van der Waals surface area (Å²) in [6.07, 6.45) is 1.76. The molecule has 1 fully saturated rings. The number of amides is 2. The van der Waals surface area contributed by atoms with Crippen LogP contribution in [0.1, 0.15) is 11.1 Å². The van der Waals surface area contributed by atoms with Crippen LogP contribution < -0.4 is 5.32 Å². The van der Waals surface area contributed by atoms with E-state index in [0.717, 1.165) is 11.1 Å². The maximum Gasteiger partial charge on any atom is 0.266 e. The number of thiocarbonyl (C=S) groups is 1. The monoisotopic (exact) mass is 384 g/mol. The van der Waals surface area contributed by atoms with Crippen LogP contribution in [-0.2, 0) is 9.59 Å². The number of aromatic hydroxyl groups is 1. The number of nitrogens with zero attached hydrogens (tertiary/aromatic N) is 1. The van der Waals surface area contributed by atoms with E-state index < -0.39 is 5.91 Å². The molecule has 132 valence electrons. The molecule has 1 aliphatic rings. The number of hydrogen-bond acceptors (Lipinski definition) is 5. The molecule has 2 aromatic rings. The second-order valence-electron chi connectivity index (χ2n) is 5.74. The molecule has 0 unspecified atom stereocenters. The molecule has 3 rings (SSSR count). The Kier molecular flexibility index (Phi) is 5.39. The zero-order chi connectivity index (χ0) is 18.7. The Morgan fingerprint density at radius 3 is 2.62 bits per heavy atom. The second-order valence-corrected chi connectivity index (χ2v) is 7.42. The lowest BCUT2D eigenvalue weighted by atomic mass is 10.1. The van der Waals surface area contributed by atoms with E-state index in [-0.39, 0.29) is 23.9 Å². The van der Waals surface area contributed by atoms with Gasteiger partial charge in [-0.1, -0.05) is 65.9 Å². The Morgan fingerprint density at radius 2 is 1.92 bits per heavy atom. The predicted octanol–water partition coefficient (Wildman–Crippen LogP) is 3.54. The third-order valence-corrected chi connectivity index (χ3v) is 5.11. The van der Waals surface area contributed by atoms with Crippen LogP contribution in [0.3, 0.4) is 0 Å². The molecule has 1 saturated heterocycles. The zero-order valence-corrected chi connectivity index (χ0v) is 15.6. The minimum Gasteiger partial charge on any atom is -0.506 e. The summed E-state index contributed by atoms with van der Waals surface area (Å²) in [7, 11) is 0. The van der Waals surface area contributed by atoms with Gasteiger partial charge in [0.1, 0.15) is 16.6 Å². The predicted molar refractivity (Wildman–Crippen MR) is 108 cm³/mol. The van der Waals surface area contributed by atoms with Gasteiger partial charge in [-0.3, -0.25) is 14.5 Å². The Bertz CT molecular complexity index is 907. The summed E-state index contributed by atoms with van der Waals surface area (Å²) in [5.41, 5.74) is 2.32. The molecule has 5 nitrogen and oxygen atoms in total. The number of aryl methyl sites for hydroxylation is 1. The number of thioether (sulfide) groups is 1. The first-order chi connectivity index (χ1) is 12.4. The molecule has 0 bridgehead atoms. The summed E-state index contributed by atoms with van der Waals surface area (Å²) in [6, 6.07) is 14.2. The first-order valence-corrected chi connectivity index (χ1v) is 9.06. The topological polar surface area (TPSA) is 69.6 Å². The lowest BCUT2D eigenvalue weighted by Crippen LogP contribution is -2.36. The lowest BCUT2D eigenvalue weighted by molar-refractivity contribution is -0.126. The number of benzene rings is 2. The Balaban J connectivity index is 1.70. The smallest absolute Gasteiger partial charge is 0.266 e. The van der Waals surface area contributed by atoms with Crippen LogP contribution in [0, 0.1) is 6.92 Å². The average molecular weight is 384 g/mol. The van der Waals surface area contributed by atoms with Crippen LogP contribution >= 0.6 is 24.0 Å². The van der Waals surface area contributed by atoms with Crippen molar-refractivity contribution in [1.29, 1.82) is 0 Å². The SMILES string of the molecule is Cc1ccc(/C=C2/SC(=S)N(CC(=O)Nc3ccccc3O)C2=O)cc1. The van der Waals surface area contributed by atoms with Crippen LogP contribution in [0.25, 0.3) is 6.08 Å². The van der Waals surface area contributed by atoms with Crippen LogP contribution in [0.2, 0.25) is 0 Å². The summed E-state index contributed by atoms with van der Waals surface area (Å²) in [6.45, 7) is 1.79. The van der Waals surface area contributed by atoms with Gasteiger partial charge in [-0.05, 0) is 30.7 Å². The molecule has 1 heterocycles. The van der Waals surface area contributed by atoms with E-state index in [1.54, 1.807) is 24.3 Å². The van der Waals surface area contributed by atoms with Gasteiger partial charge in [0.25, 0.3) is 5.91 Å². The van der Waals surface area contributed by atoms with E-state index in [9.17, 15) is 14.7 Å². The standard InChI is InChI=1S/C19H16N2O3S2/c1-12-6-8-13(9-7-12)10-16-18(24)21(19(25)26-16)11-17(23)20-14-4-2-3-5-15(14)22/h2-10,22H,11H2,1H3,(H,20,23)/b16-10+. The van der Waals surface area contributed by atoms with E-state index >= 15 is 0 Å². The average Bonchev–Trinajstić information content (AvgIpc) is 2.86. The molecular weight excluding hydrogens is 368 g/mol. The van der Waals surface area contributed by atoms with Crippen molar-refractivity contribution in [2.75, 3.05) is 11.9 Å². The van der Waals surface area contributed by atoms with E-state index in [0.29, 0.717) is 9.23 Å². The molecular formula is C19H16N2O3S2. The quantitative estimate of drug-likeness (QED) is 0.479. The first kappa shape index (κ1) is 18.2. The number of para-hydroxylation sites is 2. The maximum atomic E-state index is 12.6. The van der Waals surface area contributed by atoms with Gasteiger partial charge in [0.15, 0.2) is 0 Å². The molecule has 2 amide bonds. The summed E-state index contributed by atoms with van der Waals surface area (Å²) >= 11 is 6.41. The van der Waals surface area contributed by atoms with Gasteiger partial charge in [0, 0.05) is 0 Å². The fourth-order valence-electron chi connectivity index (χ4n) is 2.36. The summed E-state index contributed by atoms with van der Waals surface area (Å²) < 4.78 is 0.334. The Hall–Kier alpha value is -2.64. The van der Waals surface area contributed by atoms with Crippen molar-refractivity contribution in [3.63, 3.8) is 0 Å². The highest BCUT2D eigenvalue weighted by Crippen LogP contribution is 2.32. The normalized spacial score (nSPS) is 15.6. The third kappa shape index (κ3) is 4.12. The van der Waals surface area contributed by atoms with Crippen molar-refractivity contribution in [3.05, 3.63) is 64.6 Å². The molecule has 1 aliphatic heterocycles. The number of carbonyl (C=O) groups excluding carboxylic acids is 2. The summed E-state index contributed by atoms with van der Waals surface area (Å²) in [5.74, 6) is -0.766. The molecule has 2 N–H and O–H groups in total. The highest BCUT2D eigenvalue weighted by atomic mass is 32.2. The Labute approximate surface area is 160 Å². The fourth-order valence-corrected chi connectivity index (χ4v) is 3.62. The molecule has 0 aromatic heterocycles. The van der Waals surface area contributed by atoms with Crippen LogP contribution in [0.4, 0.5) is 5.69 Å². The number of anilines is 1. The molecule has 26 heavy (non-hydrogen) atoms. The highest BCUT2D eigenvalue weighted by molar-refractivity contribution is 8.26. The molecule has 0 atom stereocenters. The van der Waals surface area contributed by atoms with Crippen molar-refractivity contribution in [1.82, 2.24) is 4.90 Å². The molecule has 0 saturated carbocycles. The number of hydrogen-bond donors (Lipinski definition) is 2. The molecule has 0 aliphatic carbocycles. The number of phenolic OH excluding ortho intramolecular Hbond substituents is 1. The van der Waals surface area contributed by atoms with Crippen molar-refractivity contribution < 1.29 is 14.7 Å². The second kappa shape index (κ2) is 7.72. The van der Waals surface area contributed by atoms with E-state index in [1.807, 2.05) is 31.2 Å². The number of nitrogens with one attached hydrogen (secondary N) is 1. The minimum absolute atomic E-state index is 0.0366. The van der Waals surface area contributed by atoms with Crippen LogP contribution in [0.15, 0.2) is 53.4 Å². The molecule has 2 aromatic carbocycles. The zero-order valence-electron chi connectivity index (χ0n) is 13.9. The van der Waals surface area contributed by atoms with Crippen LogP contribution in [-0.4, -0.2) is 32.7 Å². The van der Waals surface area contributed by atoms with Crippen LogP contribution in [0.5, 0.6) is 5.75 Å². The van der Waals surface area contributed by atoms with Gasteiger partial charge in [0.2, 0.25) is 5.91 Å². The number of rotatable bonds is 4. The van der Waals surface area contributed by atoms with Gasteiger partial charge < -0.3 is 10.4 Å². The lowest BCUT2D eigenvalue weighted by Gasteiger charge is -2.14. The highest BCUT2D eigenvalue weighted by Gasteiger charge is 2.33. The van der Waals surface area contributed by atoms with E-state index in [1.165, 1.54) is 22.7 Å². The van der Waals surface area contributed by atoms with Crippen molar-refractivity contribution >= 4 is 51.9 Å². The van der Waals surface area contributed by atoms with Crippen molar-refractivity contribution in [3.8, 4) is 5.75 Å². The van der Waals surface area contributed by atoms with Crippen molar-refractivity contribution in [2.24, 2.45) is 0 Å². The van der Waals surface area contributed by atoms with Gasteiger partial charge in [0.05, 0.1) is 10.6 Å².